The second-order valence-corrected chi connectivity index (χ2v) is 6.60. The summed E-state index contributed by atoms with van der Waals surface area (Å²) >= 11 is 0. The van der Waals surface area contributed by atoms with Crippen molar-refractivity contribution in [3.8, 4) is 6.07 Å². The number of para-hydroxylation sites is 1. The fourth-order valence-corrected chi connectivity index (χ4v) is 3.16. The molecular weight excluding hydrogens is 386 g/mol. The predicted octanol–water partition coefficient (Wildman–Crippen LogP) is 2.16. The Balaban J connectivity index is 1.66. The lowest BCUT2D eigenvalue weighted by Gasteiger charge is -2.23. The maximum atomic E-state index is 12.6. The molecule has 0 bridgehead atoms. The number of ether oxygens (including phenoxy) is 1. The van der Waals surface area contributed by atoms with Gasteiger partial charge in [0.05, 0.1) is 23.6 Å². The number of benzene rings is 2. The summed E-state index contributed by atoms with van der Waals surface area (Å²) in [6, 6.07) is 15.8. The van der Waals surface area contributed by atoms with Crippen LogP contribution in [0.5, 0.6) is 0 Å². The van der Waals surface area contributed by atoms with Gasteiger partial charge in [-0.1, -0.05) is 30.3 Å². The van der Waals surface area contributed by atoms with Gasteiger partial charge in [-0.3, -0.25) is 19.3 Å². The van der Waals surface area contributed by atoms with E-state index in [2.05, 4.69) is 0 Å². The number of hydrogen-bond acceptors (Lipinski definition) is 6. The lowest BCUT2D eigenvalue weighted by Crippen LogP contribution is -2.45. The average molecular weight is 405 g/mol. The van der Waals surface area contributed by atoms with E-state index in [-0.39, 0.29) is 24.1 Å². The Morgan fingerprint density at radius 2 is 1.60 bits per heavy atom. The summed E-state index contributed by atoms with van der Waals surface area (Å²) < 4.78 is 5.10. The minimum Gasteiger partial charge on any atom is -0.454 e. The Hall–Kier alpha value is -3.99. The molecule has 0 aromatic heterocycles. The third-order valence-electron chi connectivity index (χ3n) is 4.71. The van der Waals surface area contributed by atoms with Crippen LogP contribution in [0.1, 0.15) is 34.1 Å². The van der Waals surface area contributed by atoms with Gasteiger partial charge in [-0.2, -0.15) is 5.26 Å². The number of amides is 3. The van der Waals surface area contributed by atoms with E-state index in [1.807, 2.05) is 6.07 Å². The van der Waals surface area contributed by atoms with Gasteiger partial charge >= 0.3 is 5.97 Å². The highest BCUT2D eigenvalue weighted by molar-refractivity contribution is 6.22. The molecule has 0 N–H and O–H groups in total. The van der Waals surface area contributed by atoms with Crippen molar-refractivity contribution < 1.29 is 23.9 Å². The van der Waals surface area contributed by atoms with Crippen molar-refractivity contribution in [3.63, 3.8) is 0 Å². The molecule has 1 aliphatic rings. The Labute approximate surface area is 173 Å². The summed E-state index contributed by atoms with van der Waals surface area (Å²) in [4.78, 5) is 52.2. The highest BCUT2D eigenvalue weighted by Gasteiger charge is 2.41. The van der Waals surface area contributed by atoms with Crippen LogP contribution in [0.15, 0.2) is 54.6 Å². The molecule has 0 unspecified atom stereocenters. The molecule has 2 aromatic carbocycles. The zero-order valence-electron chi connectivity index (χ0n) is 16.3. The third kappa shape index (κ3) is 4.05. The van der Waals surface area contributed by atoms with Crippen molar-refractivity contribution in [2.75, 3.05) is 18.1 Å². The summed E-state index contributed by atoms with van der Waals surface area (Å²) in [5.41, 5.74) is 1.03. The fraction of sp³-hybridized carbons (Fsp3) is 0.227. The quantitative estimate of drug-likeness (QED) is 0.516. The van der Waals surface area contributed by atoms with Gasteiger partial charge in [0.2, 0.25) is 0 Å². The second-order valence-electron chi connectivity index (χ2n) is 6.60. The van der Waals surface area contributed by atoms with Crippen LogP contribution in [-0.2, 0) is 14.3 Å². The van der Waals surface area contributed by atoms with Crippen molar-refractivity contribution in [2.45, 2.75) is 19.4 Å². The molecule has 0 spiro atoms. The smallest absolute Gasteiger partial charge is 0.329 e. The first-order valence-corrected chi connectivity index (χ1v) is 9.31. The summed E-state index contributed by atoms with van der Waals surface area (Å²) in [6.45, 7) is 0.941. The van der Waals surface area contributed by atoms with Gasteiger partial charge in [0.15, 0.2) is 6.61 Å². The molecule has 1 aliphatic heterocycles. The Kier molecular flexibility index (Phi) is 6.23. The normalized spacial score (nSPS) is 13.4. The van der Waals surface area contributed by atoms with Gasteiger partial charge in [0, 0.05) is 12.2 Å². The number of imide groups is 1. The van der Waals surface area contributed by atoms with Gasteiger partial charge in [-0.05, 0) is 31.2 Å². The number of carbonyl (C=O) groups excluding carboxylic acids is 4. The monoisotopic (exact) mass is 405 g/mol. The van der Waals surface area contributed by atoms with Crippen LogP contribution in [0.2, 0.25) is 0 Å². The minimum absolute atomic E-state index is 0.111. The Morgan fingerprint density at radius 1 is 1.03 bits per heavy atom. The highest BCUT2D eigenvalue weighted by atomic mass is 16.5. The van der Waals surface area contributed by atoms with E-state index in [4.69, 9.17) is 10.00 Å². The topological polar surface area (TPSA) is 108 Å². The molecule has 1 heterocycles. The molecular formula is C22H19N3O5. The van der Waals surface area contributed by atoms with Crippen LogP contribution in [0.3, 0.4) is 0 Å². The van der Waals surface area contributed by atoms with Crippen LogP contribution in [0, 0.1) is 11.3 Å². The van der Waals surface area contributed by atoms with E-state index in [1.165, 1.54) is 24.0 Å². The molecule has 0 radical (unpaired) electrons. The van der Waals surface area contributed by atoms with E-state index in [1.54, 1.807) is 42.5 Å². The van der Waals surface area contributed by atoms with Crippen molar-refractivity contribution in [1.82, 2.24) is 4.90 Å². The van der Waals surface area contributed by atoms with E-state index in [9.17, 15) is 19.2 Å². The maximum Gasteiger partial charge on any atom is 0.329 e. The molecule has 0 aliphatic carbocycles. The molecule has 0 fully saturated rings. The first-order valence-electron chi connectivity index (χ1n) is 9.31. The molecule has 3 rings (SSSR count). The number of rotatable bonds is 7. The lowest BCUT2D eigenvalue weighted by molar-refractivity contribution is -0.151. The lowest BCUT2D eigenvalue weighted by atomic mass is 10.1. The third-order valence-corrected chi connectivity index (χ3v) is 4.71. The van der Waals surface area contributed by atoms with Crippen molar-refractivity contribution in [2.24, 2.45) is 0 Å². The number of carbonyl (C=O) groups is 4. The van der Waals surface area contributed by atoms with Gasteiger partial charge in [0.1, 0.15) is 6.04 Å². The second kappa shape index (κ2) is 9.01. The molecule has 0 saturated heterocycles. The van der Waals surface area contributed by atoms with Crippen LogP contribution in [0.25, 0.3) is 0 Å². The largest absolute Gasteiger partial charge is 0.454 e. The number of hydrogen-bond donors (Lipinski definition) is 0. The molecule has 1 atom stereocenters. The number of esters is 1. The number of fused-ring (bicyclic) bond motifs is 1. The molecule has 2 aromatic rings. The molecule has 152 valence electrons. The van der Waals surface area contributed by atoms with E-state index in [0.29, 0.717) is 5.69 Å². The molecule has 8 heteroatoms. The molecule has 3 amide bonds. The van der Waals surface area contributed by atoms with Crippen molar-refractivity contribution >= 4 is 29.4 Å². The predicted molar refractivity (Wildman–Crippen MR) is 106 cm³/mol. The van der Waals surface area contributed by atoms with Gasteiger partial charge in [0.25, 0.3) is 17.7 Å². The SMILES string of the molecule is C[C@@H](C(=O)OCC(=O)N(CCC#N)c1ccccc1)N1C(=O)c2ccccc2C1=O. The Bertz CT molecular complexity index is 994. The van der Waals surface area contributed by atoms with Gasteiger partial charge in [-0.15, -0.1) is 0 Å². The summed E-state index contributed by atoms with van der Waals surface area (Å²) in [6.07, 6.45) is 0.111. The minimum atomic E-state index is -1.19. The van der Waals surface area contributed by atoms with Crippen molar-refractivity contribution in [1.29, 1.82) is 5.26 Å². The first-order chi connectivity index (χ1) is 14.5. The maximum absolute atomic E-state index is 12.6. The standard InChI is InChI=1S/C22H19N3O5/c1-15(25-20(27)17-10-5-6-11-18(17)21(25)28)22(29)30-14-19(26)24(13-7-12-23)16-8-3-2-4-9-16/h2-6,8-11,15H,7,13-14H2,1H3/t15-/m0/s1. The van der Waals surface area contributed by atoms with Crippen LogP contribution < -0.4 is 4.90 Å². The molecule has 8 nitrogen and oxygen atoms in total. The van der Waals surface area contributed by atoms with Crippen molar-refractivity contribution in [3.05, 3.63) is 65.7 Å². The van der Waals surface area contributed by atoms with E-state index >= 15 is 0 Å². The zero-order valence-corrected chi connectivity index (χ0v) is 16.3. The number of nitrogens with zero attached hydrogens (tertiary/aromatic N) is 3. The fourth-order valence-electron chi connectivity index (χ4n) is 3.16. The first kappa shape index (κ1) is 20.7. The summed E-state index contributed by atoms with van der Waals surface area (Å²) in [7, 11) is 0. The number of nitriles is 1. The summed E-state index contributed by atoms with van der Waals surface area (Å²) in [5, 5.41) is 8.84. The number of anilines is 1. The average Bonchev–Trinajstić information content (AvgIpc) is 3.03. The Morgan fingerprint density at radius 3 is 2.17 bits per heavy atom. The van der Waals surface area contributed by atoms with E-state index in [0.717, 1.165) is 4.90 Å². The molecule has 0 saturated carbocycles. The highest BCUT2D eigenvalue weighted by Crippen LogP contribution is 2.24. The van der Waals surface area contributed by atoms with Gasteiger partial charge < -0.3 is 9.64 Å². The van der Waals surface area contributed by atoms with Crippen LogP contribution >= 0.6 is 0 Å². The summed E-state index contributed by atoms with van der Waals surface area (Å²) in [5.74, 6) is -2.54. The van der Waals surface area contributed by atoms with E-state index < -0.39 is 36.3 Å². The van der Waals surface area contributed by atoms with Gasteiger partial charge in [-0.25, -0.2) is 4.79 Å². The van der Waals surface area contributed by atoms with Crippen LogP contribution in [0.4, 0.5) is 5.69 Å². The zero-order chi connectivity index (χ0) is 21.7. The van der Waals surface area contributed by atoms with Crippen LogP contribution in [-0.4, -0.2) is 47.8 Å². The molecule has 30 heavy (non-hydrogen) atoms.